The molecule has 0 aromatic heterocycles. The molecule has 0 spiro atoms. The molecular weight excluding hydrogens is 253 g/mol. The van der Waals surface area contributed by atoms with E-state index in [1.165, 1.54) is 6.07 Å². The number of halogens is 1. The van der Waals surface area contributed by atoms with Gasteiger partial charge in [0.25, 0.3) is 0 Å². The van der Waals surface area contributed by atoms with Crippen LogP contribution in [0.15, 0.2) is 18.2 Å². The summed E-state index contributed by atoms with van der Waals surface area (Å²) in [6, 6.07) is 5.16. The van der Waals surface area contributed by atoms with Gasteiger partial charge < -0.3 is 5.32 Å². The molecule has 1 atom stereocenters. The maximum absolute atomic E-state index is 13.3. The third-order valence-electron chi connectivity index (χ3n) is 3.33. The van der Waals surface area contributed by atoms with E-state index in [0.717, 1.165) is 12.0 Å². The van der Waals surface area contributed by atoms with Gasteiger partial charge in [-0.2, -0.15) is 0 Å². The summed E-state index contributed by atoms with van der Waals surface area (Å²) in [4.78, 5) is 0. The van der Waals surface area contributed by atoms with Gasteiger partial charge in [0, 0.05) is 6.54 Å². The van der Waals surface area contributed by atoms with Gasteiger partial charge in [-0.1, -0.05) is 12.1 Å². The molecule has 1 aromatic rings. The van der Waals surface area contributed by atoms with Gasteiger partial charge in [-0.15, -0.1) is 0 Å². The molecule has 3 nitrogen and oxygen atoms in total. The molecule has 0 amide bonds. The van der Waals surface area contributed by atoms with E-state index in [1.807, 2.05) is 6.07 Å². The number of hydrogen-bond donors (Lipinski definition) is 1. The van der Waals surface area contributed by atoms with Crippen LogP contribution in [-0.4, -0.2) is 26.5 Å². The molecule has 1 aromatic carbocycles. The molecule has 0 saturated carbocycles. The molecule has 0 bridgehead atoms. The number of sulfone groups is 1. The van der Waals surface area contributed by atoms with Crippen LogP contribution in [0.5, 0.6) is 0 Å². The molecule has 1 aliphatic rings. The van der Waals surface area contributed by atoms with Crippen LogP contribution >= 0.6 is 0 Å². The Morgan fingerprint density at radius 2 is 2.22 bits per heavy atom. The topological polar surface area (TPSA) is 46.2 Å². The predicted molar refractivity (Wildman–Crippen MR) is 69.6 cm³/mol. The Balaban J connectivity index is 1.80. The van der Waals surface area contributed by atoms with Crippen LogP contribution in [0.1, 0.15) is 17.5 Å². The Bertz CT molecular complexity index is 528. The SMILES string of the molecule is Cc1ccc(CNCC2CCS(=O)(=O)C2)cc1F. The van der Waals surface area contributed by atoms with E-state index in [2.05, 4.69) is 5.32 Å². The third kappa shape index (κ3) is 3.53. The maximum Gasteiger partial charge on any atom is 0.150 e. The van der Waals surface area contributed by atoms with E-state index in [0.29, 0.717) is 24.4 Å². The van der Waals surface area contributed by atoms with Gasteiger partial charge in [0.05, 0.1) is 11.5 Å². The van der Waals surface area contributed by atoms with Crippen molar-refractivity contribution < 1.29 is 12.8 Å². The second-order valence-corrected chi connectivity index (χ2v) is 7.21. The van der Waals surface area contributed by atoms with Gasteiger partial charge in [0.1, 0.15) is 5.82 Å². The van der Waals surface area contributed by atoms with Crippen molar-refractivity contribution in [3.8, 4) is 0 Å². The minimum atomic E-state index is -2.80. The van der Waals surface area contributed by atoms with E-state index < -0.39 is 9.84 Å². The average Bonchev–Trinajstić information content (AvgIpc) is 2.63. The Labute approximate surface area is 107 Å². The number of aryl methyl sites for hydroxylation is 1. The summed E-state index contributed by atoms with van der Waals surface area (Å²) >= 11 is 0. The first kappa shape index (κ1) is 13.5. The zero-order valence-corrected chi connectivity index (χ0v) is 11.3. The van der Waals surface area contributed by atoms with Crippen LogP contribution in [0.4, 0.5) is 4.39 Å². The van der Waals surface area contributed by atoms with E-state index in [1.54, 1.807) is 13.0 Å². The minimum Gasteiger partial charge on any atom is -0.312 e. The molecule has 1 heterocycles. The van der Waals surface area contributed by atoms with Crippen LogP contribution in [0.3, 0.4) is 0 Å². The van der Waals surface area contributed by atoms with Crippen molar-refractivity contribution in [2.24, 2.45) is 5.92 Å². The molecule has 1 aliphatic heterocycles. The summed E-state index contributed by atoms with van der Waals surface area (Å²) in [6.07, 6.45) is 0.734. The van der Waals surface area contributed by atoms with Crippen molar-refractivity contribution >= 4 is 9.84 Å². The molecule has 2 rings (SSSR count). The van der Waals surface area contributed by atoms with Gasteiger partial charge in [0.2, 0.25) is 0 Å². The normalized spacial score (nSPS) is 22.2. The molecular formula is C13H18FNO2S. The lowest BCUT2D eigenvalue weighted by Crippen LogP contribution is -2.23. The Kier molecular flexibility index (Phi) is 4.02. The Hall–Kier alpha value is -0.940. The summed E-state index contributed by atoms with van der Waals surface area (Å²) in [5, 5.41) is 3.20. The second kappa shape index (κ2) is 5.36. The lowest BCUT2D eigenvalue weighted by molar-refractivity contribution is 0.519. The van der Waals surface area contributed by atoms with Crippen molar-refractivity contribution in [3.05, 3.63) is 35.1 Å². The molecule has 1 unspecified atom stereocenters. The summed E-state index contributed by atoms with van der Waals surface area (Å²) in [7, 11) is -2.80. The highest BCUT2D eigenvalue weighted by Crippen LogP contribution is 2.17. The smallest absolute Gasteiger partial charge is 0.150 e. The summed E-state index contributed by atoms with van der Waals surface area (Å²) in [6.45, 7) is 2.98. The van der Waals surface area contributed by atoms with Gasteiger partial charge in [-0.3, -0.25) is 0 Å². The lowest BCUT2D eigenvalue weighted by Gasteiger charge is -2.10. The van der Waals surface area contributed by atoms with Crippen LogP contribution < -0.4 is 5.32 Å². The number of benzene rings is 1. The summed E-state index contributed by atoms with van der Waals surface area (Å²) in [5.74, 6) is 0.587. The van der Waals surface area contributed by atoms with Crippen molar-refractivity contribution in [2.75, 3.05) is 18.1 Å². The molecule has 5 heteroatoms. The number of nitrogens with one attached hydrogen (secondary N) is 1. The van der Waals surface area contributed by atoms with Crippen molar-refractivity contribution in [1.29, 1.82) is 0 Å². The predicted octanol–water partition coefficient (Wildman–Crippen LogP) is 1.66. The van der Waals surface area contributed by atoms with E-state index >= 15 is 0 Å². The van der Waals surface area contributed by atoms with Crippen LogP contribution in [0.25, 0.3) is 0 Å². The highest BCUT2D eigenvalue weighted by atomic mass is 32.2. The van der Waals surface area contributed by atoms with Crippen molar-refractivity contribution in [3.63, 3.8) is 0 Å². The summed E-state index contributed by atoms with van der Waals surface area (Å²) < 4.78 is 35.9. The zero-order chi connectivity index (χ0) is 13.2. The summed E-state index contributed by atoms with van der Waals surface area (Å²) in [5.41, 5.74) is 1.53. The van der Waals surface area contributed by atoms with Gasteiger partial charge in [-0.05, 0) is 43.0 Å². The monoisotopic (exact) mass is 271 g/mol. The van der Waals surface area contributed by atoms with Crippen LogP contribution in [-0.2, 0) is 16.4 Å². The van der Waals surface area contributed by atoms with Gasteiger partial charge >= 0.3 is 0 Å². The highest BCUT2D eigenvalue weighted by molar-refractivity contribution is 7.91. The average molecular weight is 271 g/mol. The molecule has 1 N–H and O–H groups in total. The van der Waals surface area contributed by atoms with Crippen molar-refractivity contribution in [2.45, 2.75) is 19.9 Å². The van der Waals surface area contributed by atoms with E-state index in [-0.39, 0.29) is 17.5 Å². The highest BCUT2D eigenvalue weighted by Gasteiger charge is 2.27. The Morgan fingerprint density at radius 1 is 1.44 bits per heavy atom. The quantitative estimate of drug-likeness (QED) is 0.906. The van der Waals surface area contributed by atoms with Gasteiger partial charge in [0.15, 0.2) is 9.84 Å². The maximum atomic E-state index is 13.3. The fourth-order valence-corrected chi connectivity index (χ4v) is 4.06. The van der Waals surface area contributed by atoms with E-state index in [9.17, 15) is 12.8 Å². The Morgan fingerprint density at radius 3 is 2.83 bits per heavy atom. The first-order valence-electron chi connectivity index (χ1n) is 6.12. The van der Waals surface area contributed by atoms with E-state index in [4.69, 9.17) is 0 Å². The molecule has 1 fully saturated rings. The van der Waals surface area contributed by atoms with Crippen LogP contribution in [0, 0.1) is 18.7 Å². The van der Waals surface area contributed by atoms with Crippen LogP contribution in [0.2, 0.25) is 0 Å². The first-order chi connectivity index (χ1) is 8.46. The fraction of sp³-hybridized carbons (Fsp3) is 0.538. The largest absolute Gasteiger partial charge is 0.312 e. The molecule has 100 valence electrons. The number of rotatable bonds is 4. The molecule has 0 aliphatic carbocycles. The third-order valence-corrected chi connectivity index (χ3v) is 5.16. The molecule has 0 radical (unpaired) electrons. The van der Waals surface area contributed by atoms with Gasteiger partial charge in [-0.25, -0.2) is 12.8 Å². The number of hydrogen-bond acceptors (Lipinski definition) is 3. The standard InChI is InChI=1S/C13H18FNO2S/c1-10-2-3-11(6-13(10)14)7-15-8-12-4-5-18(16,17)9-12/h2-3,6,12,15H,4-5,7-9H2,1H3. The fourth-order valence-electron chi connectivity index (χ4n) is 2.20. The molecule has 18 heavy (non-hydrogen) atoms. The van der Waals surface area contributed by atoms with Crippen molar-refractivity contribution in [1.82, 2.24) is 5.32 Å². The second-order valence-electron chi connectivity index (χ2n) is 4.98. The minimum absolute atomic E-state index is 0.197. The lowest BCUT2D eigenvalue weighted by atomic mass is 10.1. The molecule has 1 saturated heterocycles. The first-order valence-corrected chi connectivity index (χ1v) is 7.94. The zero-order valence-electron chi connectivity index (χ0n) is 10.4.